The van der Waals surface area contributed by atoms with Crippen LogP contribution in [0.5, 0.6) is 5.88 Å². The minimum Gasteiger partial charge on any atom is -0.473 e. The van der Waals surface area contributed by atoms with Crippen molar-refractivity contribution in [3.63, 3.8) is 0 Å². The normalized spacial score (nSPS) is 15.2. The predicted octanol–water partition coefficient (Wildman–Crippen LogP) is 1.64. The summed E-state index contributed by atoms with van der Waals surface area (Å²) >= 11 is 0. The van der Waals surface area contributed by atoms with Crippen molar-refractivity contribution in [1.29, 1.82) is 0 Å². The highest BCUT2D eigenvalue weighted by atomic mass is 16.5. The molecular formula is C17H18N6O3. The average Bonchev–Trinajstić information content (AvgIpc) is 3.34. The summed E-state index contributed by atoms with van der Waals surface area (Å²) in [7, 11) is 0. The van der Waals surface area contributed by atoms with Gasteiger partial charge in [-0.1, -0.05) is 5.16 Å². The Bertz CT molecular complexity index is 866. The molecule has 1 fully saturated rings. The highest BCUT2D eigenvalue weighted by molar-refractivity contribution is 5.92. The summed E-state index contributed by atoms with van der Waals surface area (Å²) in [5.41, 5.74) is 0.349. The summed E-state index contributed by atoms with van der Waals surface area (Å²) < 4.78 is 12.5. The van der Waals surface area contributed by atoms with Gasteiger partial charge in [-0.15, -0.1) is 10.2 Å². The fraction of sp³-hybridized carbons (Fsp3) is 0.353. The Morgan fingerprint density at radius 2 is 2.12 bits per heavy atom. The van der Waals surface area contributed by atoms with E-state index in [0.717, 1.165) is 12.8 Å². The van der Waals surface area contributed by atoms with Crippen molar-refractivity contribution >= 4 is 5.91 Å². The Morgan fingerprint density at radius 3 is 2.73 bits per heavy atom. The number of carbonyl (C=O) groups is 1. The number of rotatable bonds is 4. The van der Waals surface area contributed by atoms with Gasteiger partial charge in [0.05, 0.1) is 0 Å². The van der Waals surface area contributed by atoms with Crippen LogP contribution in [0.3, 0.4) is 0 Å². The Hall–Kier alpha value is -3.23. The molecule has 0 N–H and O–H groups in total. The molecule has 0 radical (unpaired) electrons. The number of carbonyl (C=O) groups excluding carboxylic acids is 1. The van der Waals surface area contributed by atoms with E-state index in [0.29, 0.717) is 36.2 Å². The maximum atomic E-state index is 12.4. The first-order chi connectivity index (χ1) is 12.7. The highest BCUT2D eigenvalue weighted by Crippen LogP contribution is 2.19. The molecule has 0 bridgehead atoms. The van der Waals surface area contributed by atoms with E-state index in [2.05, 4.69) is 20.5 Å². The van der Waals surface area contributed by atoms with E-state index in [1.807, 2.05) is 6.07 Å². The standard InChI is InChI=1S/C17H18N6O3/c1-12-11-14(21-26-12)17(24)22-9-5-13(6-10-22)25-16-4-3-15(19-20-16)23-8-2-7-18-23/h2-4,7-8,11,13H,5-6,9-10H2,1H3. The Kier molecular flexibility index (Phi) is 4.34. The Balaban J connectivity index is 1.32. The van der Waals surface area contributed by atoms with Crippen LogP contribution < -0.4 is 4.74 Å². The molecule has 134 valence electrons. The third-order valence-electron chi connectivity index (χ3n) is 4.23. The Labute approximate surface area is 149 Å². The zero-order chi connectivity index (χ0) is 17.9. The topological polar surface area (TPSA) is 99.2 Å². The fourth-order valence-corrected chi connectivity index (χ4v) is 2.88. The number of aryl methyl sites for hydroxylation is 1. The maximum Gasteiger partial charge on any atom is 0.276 e. The van der Waals surface area contributed by atoms with Crippen molar-refractivity contribution in [3.05, 3.63) is 48.1 Å². The van der Waals surface area contributed by atoms with Gasteiger partial charge in [0, 0.05) is 50.5 Å². The molecule has 9 heteroatoms. The van der Waals surface area contributed by atoms with Gasteiger partial charge in [0.2, 0.25) is 5.88 Å². The molecule has 4 rings (SSSR count). The van der Waals surface area contributed by atoms with E-state index < -0.39 is 0 Å². The monoisotopic (exact) mass is 354 g/mol. The Morgan fingerprint density at radius 1 is 1.27 bits per heavy atom. The van der Waals surface area contributed by atoms with Crippen molar-refractivity contribution < 1.29 is 14.1 Å². The van der Waals surface area contributed by atoms with Crippen LogP contribution in [0.2, 0.25) is 0 Å². The van der Waals surface area contributed by atoms with E-state index in [9.17, 15) is 4.79 Å². The summed E-state index contributed by atoms with van der Waals surface area (Å²) in [4.78, 5) is 14.1. The van der Waals surface area contributed by atoms with E-state index in [4.69, 9.17) is 9.26 Å². The van der Waals surface area contributed by atoms with Gasteiger partial charge in [0.1, 0.15) is 11.9 Å². The molecular weight excluding hydrogens is 336 g/mol. The quantitative estimate of drug-likeness (QED) is 0.702. The second-order valence-corrected chi connectivity index (χ2v) is 6.11. The molecule has 9 nitrogen and oxygen atoms in total. The number of amides is 1. The number of likely N-dealkylation sites (tertiary alicyclic amines) is 1. The lowest BCUT2D eigenvalue weighted by Gasteiger charge is -2.31. The minimum absolute atomic E-state index is 0.00273. The first kappa shape index (κ1) is 16.2. The van der Waals surface area contributed by atoms with Crippen LogP contribution in [0.25, 0.3) is 5.82 Å². The lowest BCUT2D eigenvalue weighted by Crippen LogP contribution is -2.42. The van der Waals surface area contributed by atoms with Gasteiger partial charge < -0.3 is 14.2 Å². The van der Waals surface area contributed by atoms with Crippen molar-refractivity contribution in [3.8, 4) is 11.7 Å². The second kappa shape index (κ2) is 6.95. The number of hydrogen-bond acceptors (Lipinski definition) is 7. The summed E-state index contributed by atoms with van der Waals surface area (Å²) in [5.74, 6) is 1.62. The first-order valence-corrected chi connectivity index (χ1v) is 8.42. The van der Waals surface area contributed by atoms with Gasteiger partial charge in [0.15, 0.2) is 11.5 Å². The van der Waals surface area contributed by atoms with Gasteiger partial charge >= 0.3 is 0 Å². The molecule has 26 heavy (non-hydrogen) atoms. The van der Waals surface area contributed by atoms with E-state index in [1.165, 1.54) is 0 Å². The number of aromatic nitrogens is 5. The molecule has 1 amide bonds. The molecule has 0 atom stereocenters. The van der Waals surface area contributed by atoms with Crippen molar-refractivity contribution in [2.24, 2.45) is 0 Å². The molecule has 0 aliphatic carbocycles. The summed E-state index contributed by atoms with van der Waals surface area (Å²) in [6.45, 7) is 2.98. The third-order valence-corrected chi connectivity index (χ3v) is 4.23. The molecule has 3 aromatic rings. The number of hydrogen-bond donors (Lipinski definition) is 0. The van der Waals surface area contributed by atoms with Crippen LogP contribution in [-0.4, -0.2) is 55.1 Å². The third kappa shape index (κ3) is 3.41. The number of ether oxygens (including phenoxy) is 1. The lowest BCUT2D eigenvalue weighted by molar-refractivity contribution is 0.0577. The zero-order valence-electron chi connectivity index (χ0n) is 14.3. The molecule has 1 aliphatic heterocycles. The molecule has 1 aliphatic rings. The van der Waals surface area contributed by atoms with Gasteiger partial charge in [-0.05, 0) is 19.1 Å². The minimum atomic E-state index is -0.108. The summed E-state index contributed by atoms with van der Waals surface area (Å²) in [5, 5.41) is 16.1. The van der Waals surface area contributed by atoms with Gasteiger partial charge in [-0.2, -0.15) is 5.10 Å². The van der Waals surface area contributed by atoms with Crippen molar-refractivity contribution in [1.82, 2.24) is 30.0 Å². The van der Waals surface area contributed by atoms with Crippen LogP contribution >= 0.6 is 0 Å². The largest absolute Gasteiger partial charge is 0.473 e. The summed E-state index contributed by atoms with van der Waals surface area (Å²) in [6.07, 6.45) is 4.94. The molecule has 3 aromatic heterocycles. The number of nitrogens with zero attached hydrogens (tertiary/aromatic N) is 6. The molecule has 0 spiro atoms. The van der Waals surface area contributed by atoms with Gasteiger partial charge in [0.25, 0.3) is 5.91 Å². The zero-order valence-corrected chi connectivity index (χ0v) is 14.3. The summed E-state index contributed by atoms with van der Waals surface area (Å²) in [6, 6.07) is 7.06. The second-order valence-electron chi connectivity index (χ2n) is 6.11. The van der Waals surface area contributed by atoms with Gasteiger partial charge in [-0.25, -0.2) is 4.68 Å². The smallest absolute Gasteiger partial charge is 0.276 e. The van der Waals surface area contributed by atoms with Crippen LogP contribution in [0.4, 0.5) is 0 Å². The molecule has 1 saturated heterocycles. The van der Waals surface area contributed by atoms with Crippen LogP contribution in [0.15, 0.2) is 41.2 Å². The fourth-order valence-electron chi connectivity index (χ4n) is 2.88. The molecule has 0 saturated carbocycles. The van der Waals surface area contributed by atoms with E-state index in [1.54, 1.807) is 47.1 Å². The molecule has 4 heterocycles. The molecule has 0 aromatic carbocycles. The van der Waals surface area contributed by atoms with Gasteiger partial charge in [-0.3, -0.25) is 4.79 Å². The maximum absolute atomic E-state index is 12.4. The van der Waals surface area contributed by atoms with Crippen molar-refractivity contribution in [2.45, 2.75) is 25.9 Å². The lowest BCUT2D eigenvalue weighted by atomic mass is 10.1. The van der Waals surface area contributed by atoms with Crippen molar-refractivity contribution in [2.75, 3.05) is 13.1 Å². The SMILES string of the molecule is Cc1cc(C(=O)N2CCC(Oc3ccc(-n4cccn4)nn3)CC2)no1. The van der Waals surface area contributed by atoms with E-state index >= 15 is 0 Å². The van der Waals surface area contributed by atoms with E-state index in [-0.39, 0.29) is 12.0 Å². The first-order valence-electron chi connectivity index (χ1n) is 8.42. The van der Waals surface area contributed by atoms with Crippen LogP contribution in [-0.2, 0) is 0 Å². The highest BCUT2D eigenvalue weighted by Gasteiger charge is 2.26. The number of piperidine rings is 1. The van der Waals surface area contributed by atoms with Crippen LogP contribution in [0.1, 0.15) is 29.1 Å². The molecule has 0 unspecified atom stereocenters. The predicted molar refractivity (Wildman–Crippen MR) is 89.9 cm³/mol. The average molecular weight is 354 g/mol. The van der Waals surface area contributed by atoms with Crippen LogP contribution in [0, 0.1) is 6.92 Å².